The van der Waals surface area contributed by atoms with Gasteiger partial charge in [0, 0.05) is 11.7 Å². The summed E-state index contributed by atoms with van der Waals surface area (Å²) in [6.45, 7) is 3.98. The van der Waals surface area contributed by atoms with Gasteiger partial charge >= 0.3 is 0 Å². The van der Waals surface area contributed by atoms with Gasteiger partial charge < -0.3 is 4.57 Å². The molecule has 0 saturated carbocycles. The van der Waals surface area contributed by atoms with E-state index in [1.165, 1.54) is 5.56 Å². The molecule has 3 nitrogen and oxygen atoms in total. The molecule has 3 heteroatoms. The highest BCUT2D eigenvalue weighted by atomic mass is 16.1. The van der Waals surface area contributed by atoms with E-state index in [0.29, 0.717) is 11.8 Å². The van der Waals surface area contributed by atoms with Crippen LogP contribution in [0.1, 0.15) is 54.3 Å². The smallest absolute Gasteiger partial charge is 0.261 e. The molecule has 0 atom stereocenters. The second-order valence-corrected chi connectivity index (χ2v) is 4.67. The first-order valence-electron chi connectivity index (χ1n) is 5.87. The Kier molecular flexibility index (Phi) is 2.95. The summed E-state index contributed by atoms with van der Waals surface area (Å²) in [5.74, 6) is 0. The maximum atomic E-state index is 12.0. The molecule has 0 unspecified atom stereocenters. The van der Waals surface area contributed by atoms with Crippen molar-refractivity contribution in [3.05, 3.63) is 33.2 Å². The molecule has 0 saturated heterocycles. The van der Waals surface area contributed by atoms with Crippen LogP contribution in [0, 0.1) is 0 Å². The fourth-order valence-electron chi connectivity index (χ4n) is 2.49. The lowest BCUT2D eigenvalue weighted by molar-refractivity contribution is 0.112. The van der Waals surface area contributed by atoms with Gasteiger partial charge in [-0.1, -0.05) is 0 Å². The Balaban J connectivity index is 2.72. The molecule has 0 amide bonds. The summed E-state index contributed by atoms with van der Waals surface area (Å²) >= 11 is 0. The number of carbonyl (C=O) groups excluding carboxylic acids is 1. The Bertz CT molecular complexity index is 472. The standard InChI is InChI=1S/C13H17NO2/c1-9(2)14-12-6-4-3-5-10(12)7-11(8-15)13(14)16/h7-9H,3-6H2,1-2H3. The molecule has 2 rings (SSSR count). The van der Waals surface area contributed by atoms with Crippen molar-refractivity contribution in [2.75, 3.05) is 0 Å². The van der Waals surface area contributed by atoms with Crippen LogP contribution in [0.15, 0.2) is 10.9 Å². The first-order chi connectivity index (χ1) is 7.65. The molecule has 1 aromatic rings. The predicted octanol–water partition coefficient (Wildman–Crippen LogP) is 2.12. The molecular weight excluding hydrogens is 202 g/mol. The Morgan fingerprint density at radius 1 is 1.31 bits per heavy atom. The van der Waals surface area contributed by atoms with E-state index >= 15 is 0 Å². The van der Waals surface area contributed by atoms with Crippen molar-refractivity contribution in [1.29, 1.82) is 0 Å². The number of fused-ring (bicyclic) bond motifs is 1. The Morgan fingerprint density at radius 3 is 2.62 bits per heavy atom. The van der Waals surface area contributed by atoms with Crippen LogP contribution in [-0.4, -0.2) is 10.9 Å². The minimum absolute atomic E-state index is 0.124. The van der Waals surface area contributed by atoms with Crippen LogP contribution in [0.2, 0.25) is 0 Å². The zero-order valence-electron chi connectivity index (χ0n) is 9.82. The van der Waals surface area contributed by atoms with Crippen LogP contribution in [-0.2, 0) is 12.8 Å². The number of hydrogen-bond donors (Lipinski definition) is 0. The lowest BCUT2D eigenvalue weighted by Gasteiger charge is -2.23. The maximum Gasteiger partial charge on any atom is 0.261 e. The van der Waals surface area contributed by atoms with Crippen molar-refractivity contribution in [2.45, 2.75) is 45.6 Å². The molecule has 0 spiro atoms. The average molecular weight is 219 g/mol. The van der Waals surface area contributed by atoms with Gasteiger partial charge in [0.1, 0.15) is 0 Å². The molecular formula is C13H17NO2. The quantitative estimate of drug-likeness (QED) is 0.715. The molecule has 1 aromatic heterocycles. The van der Waals surface area contributed by atoms with Crippen LogP contribution in [0.4, 0.5) is 0 Å². The van der Waals surface area contributed by atoms with Crippen LogP contribution >= 0.6 is 0 Å². The lowest BCUT2D eigenvalue weighted by Crippen LogP contribution is -2.30. The number of pyridine rings is 1. The van der Waals surface area contributed by atoms with Crippen molar-refractivity contribution in [2.24, 2.45) is 0 Å². The minimum Gasteiger partial charge on any atom is -0.309 e. The van der Waals surface area contributed by atoms with Gasteiger partial charge in [0.05, 0.1) is 5.56 Å². The van der Waals surface area contributed by atoms with Crippen molar-refractivity contribution in [3.63, 3.8) is 0 Å². The summed E-state index contributed by atoms with van der Waals surface area (Å²) in [6, 6.07) is 1.90. The molecule has 0 fully saturated rings. The zero-order chi connectivity index (χ0) is 11.7. The average Bonchev–Trinajstić information content (AvgIpc) is 2.27. The summed E-state index contributed by atoms with van der Waals surface area (Å²) in [7, 11) is 0. The van der Waals surface area contributed by atoms with Gasteiger partial charge in [-0.25, -0.2) is 0 Å². The van der Waals surface area contributed by atoms with E-state index in [-0.39, 0.29) is 11.6 Å². The summed E-state index contributed by atoms with van der Waals surface area (Å²) < 4.78 is 1.79. The topological polar surface area (TPSA) is 39.1 Å². The van der Waals surface area contributed by atoms with Crippen molar-refractivity contribution in [1.82, 2.24) is 4.57 Å². The van der Waals surface area contributed by atoms with E-state index in [2.05, 4.69) is 0 Å². The van der Waals surface area contributed by atoms with Crippen molar-refractivity contribution >= 4 is 6.29 Å². The van der Waals surface area contributed by atoms with Gasteiger partial charge in [0.25, 0.3) is 5.56 Å². The molecule has 86 valence electrons. The number of nitrogens with zero attached hydrogens (tertiary/aromatic N) is 1. The number of carbonyl (C=O) groups is 1. The van der Waals surface area contributed by atoms with E-state index in [1.807, 2.05) is 13.8 Å². The monoisotopic (exact) mass is 219 g/mol. The summed E-state index contributed by atoms with van der Waals surface area (Å²) in [6.07, 6.45) is 4.92. The van der Waals surface area contributed by atoms with E-state index < -0.39 is 0 Å². The third-order valence-corrected chi connectivity index (χ3v) is 3.21. The second kappa shape index (κ2) is 4.24. The van der Waals surface area contributed by atoms with Gasteiger partial charge in [-0.3, -0.25) is 9.59 Å². The van der Waals surface area contributed by atoms with Crippen LogP contribution in [0.3, 0.4) is 0 Å². The Morgan fingerprint density at radius 2 is 2.00 bits per heavy atom. The lowest BCUT2D eigenvalue weighted by atomic mass is 9.94. The first-order valence-corrected chi connectivity index (χ1v) is 5.87. The summed E-state index contributed by atoms with van der Waals surface area (Å²) in [5, 5.41) is 0. The zero-order valence-corrected chi connectivity index (χ0v) is 9.82. The number of aromatic nitrogens is 1. The largest absolute Gasteiger partial charge is 0.309 e. The highest BCUT2D eigenvalue weighted by Gasteiger charge is 2.18. The third-order valence-electron chi connectivity index (χ3n) is 3.21. The fraction of sp³-hybridized carbons (Fsp3) is 0.538. The number of hydrogen-bond acceptors (Lipinski definition) is 2. The molecule has 16 heavy (non-hydrogen) atoms. The molecule has 1 aliphatic rings. The Labute approximate surface area is 95.1 Å². The van der Waals surface area contributed by atoms with Gasteiger partial charge in [-0.05, 0) is 51.2 Å². The van der Waals surface area contributed by atoms with Gasteiger partial charge in [0.2, 0.25) is 0 Å². The number of rotatable bonds is 2. The van der Waals surface area contributed by atoms with Gasteiger partial charge in [-0.15, -0.1) is 0 Å². The first kappa shape index (κ1) is 11.1. The molecule has 1 heterocycles. The normalized spacial score (nSPS) is 14.9. The molecule has 0 radical (unpaired) electrons. The maximum absolute atomic E-state index is 12.0. The minimum atomic E-state index is -0.134. The number of aryl methyl sites for hydroxylation is 1. The van der Waals surface area contributed by atoms with Crippen LogP contribution in [0.5, 0.6) is 0 Å². The van der Waals surface area contributed by atoms with E-state index in [4.69, 9.17) is 0 Å². The molecule has 1 aliphatic carbocycles. The van der Waals surface area contributed by atoms with E-state index in [9.17, 15) is 9.59 Å². The predicted molar refractivity (Wildman–Crippen MR) is 63.1 cm³/mol. The summed E-state index contributed by atoms with van der Waals surface area (Å²) in [5.41, 5.74) is 2.48. The van der Waals surface area contributed by atoms with Crippen LogP contribution < -0.4 is 5.56 Å². The second-order valence-electron chi connectivity index (χ2n) is 4.67. The van der Waals surface area contributed by atoms with E-state index in [0.717, 1.165) is 31.4 Å². The van der Waals surface area contributed by atoms with E-state index in [1.54, 1.807) is 10.6 Å². The van der Waals surface area contributed by atoms with Crippen molar-refractivity contribution in [3.8, 4) is 0 Å². The Hall–Kier alpha value is -1.38. The molecule has 0 aliphatic heterocycles. The third kappa shape index (κ3) is 1.70. The highest BCUT2D eigenvalue weighted by molar-refractivity contribution is 5.74. The van der Waals surface area contributed by atoms with Crippen LogP contribution in [0.25, 0.3) is 0 Å². The summed E-state index contributed by atoms with van der Waals surface area (Å²) in [4.78, 5) is 22.9. The molecule has 0 aromatic carbocycles. The highest BCUT2D eigenvalue weighted by Crippen LogP contribution is 2.22. The molecule has 0 bridgehead atoms. The van der Waals surface area contributed by atoms with Crippen molar-refractivity contribution < 1.29 is 4.79 Å². The number of aldehydes is 1. The SMILES string of the molecule is CC(C)n1c2c(cc(C=O)c1=O)CCCC2. The van der Waals surface area contributed by atoms with Gasteiger partial charge in [-0.2, -0.15) is 0 Å². The fourth-order valence-corrected chi connectivity index (χ4v) is 2.49. The molecule has 0 N–H and O–H groups in total. The van der Waals surface area contributed by atoms with Gasteiger partial charge in [0.15, 0.2) is 6.29 Å².